The molecular weight excluding hydrogens is 589 g/mol. The molecule has 0 saturated carbocycles. The van der Waals surface area contributed by atoms with Crippen molar-refractivity contribution in [3.05, 3.63) is 155 Å². The van der Waals surface area contributed by atoms with Gasteiger partial charge in [-0.15, -0.1) is 5.54 Å². The quantitative estimate of drug-likeness (QED) is 0.110. The number of allylic oxidation sites excluding steroid dienone is 1. The smallest absolute Gasteiger partial charge is 0.150 e. The van der Waals surface area contributed by atoms with Crippen LogP contribution in [0.3, 0.4) is 0 Å². The summed E-state index contributed by atoms with van der Waals surface area (Å²) in [4.78, 5) is 0. The van der Waals surface area contributed by atoms with Crippen LogP contribution in [-0.4, -0.2) is 39.1 Å². The summed E-state index contributed by atoms with van der Waals surface area (Å²) in [6, 6.07) is 40.6. The zero-order valence-electron chi connectivity index (χ0n) is 27.0. The minimum absolute atomic E-state index is 0.309. The third kappa shape index (κ3) is 10.6. The summed E-state index contributed by atoms with van der Waals surface area (Å²) in [6.07, 6.45) is -0.116. The molecule has 0 spiro atoms. The first-order valence-corrected chi connectivity index (χ1v) is 19.4. The molecule has 5 rings (SSSR count). The second kappa shape index (κ2) is 17.1. The third-order valence-corrected chi connectivity index (χ3v) is 8.35. The van der Waals surface area contributed by atoms with Gasteiger partial charge >= 0.3 is 0 Å². The van der Waals surface area contributed by atoms with Crippen LogP contribution < -0.4 is 0 Å². The van der Waals surface area contributed by atoms with Gasteiger partial charge in [-0.3, -0.25) is 0 Å². The van der Waals surface area contributed by atoms with E-state index in [2.05, 4.69) is 79.6 Å². The van der Waals surface area contributed by atoms with Gasteiger partial charge in [0.05, 0.1) is 33.0 Å². The lowest BCUT2D eigenvalue weighted by atomic mass is 9.96. The number of hydrogen-bond acceptors (Lipinski definition) is 5. The Morgan fingerprint density at radius 1 is 0.587 bits per heavy atom. The largest absolute Gasteiger partial charge is 0.486 e. The molecule has 46 heavy (non-hydrogen) atoms. The molecule has 238 valence electrons. The highest BCUT2D eigenvalue weighted by atomic mass is 28.3. The van der Waals surface area contributed by atoms with Crippen molar-refractivity contribution in [1.29, 1.82) is 0 Å². The molecular formula is C40H44O5Si. The molecule has 4 atom stereocenters. The van der Waals surface area contributed by atoms with E-state index in [9.17, 15) is 0 Å². The van der Waals surface area contributed by atoms with Crippen molar-refractivity contribution in [2.45, 2.75) is 70.5 Å². The van der Waals surface area contributed by atoms with Crippen LogP contribution in [-0.2, 0) is 50.1 Å². The first-order chi connectivity index (χ1) is 22.4. The van der Waals surface area contributed by atoms with Gasteiger partial charge in [-0.25, -0.2) is 0 Å². The van der Waals surface area contributed by atoms with E-state index in [-0.39, 0.29) is 0 Å². The summed E-state index contributed by atoms with van der Waals surface area (Å²) < 4.78 is 33.2. The van der Waals surface area contributed by atoms with E-state index in [1.165, 1.54) is 0 Å². The lowest BCUT2D eigenvalue weighted by Gasteiger charge is -2.43. The molecule has 1 fully saturated rings. The molecule has 0 unspecified atom stereocenters. The molecule has 0 N–H and O–H groups in total. The minimum atomic E-state index is -1.63. The van der Waals surface area contributed by atoms with Gasteiger partial charge in [0.1, 0.15) is 32.1 Å². The maximum Gasteiger partial charge on any atom is 0.150 e. The molecule has 6 heteroatoms. The molecule has 1 heterocycles. The van der Waals surface area contributed by atoms with Gasteiger partial charge in [0.2, 0.25) is 0 Å². The molecule has 0 aromatic heterocycles. The van der Waals surface area contributed by atoms with E-state index in [4.69, 9.17) is 23.7 Å². The fraction of sp³-hybridized carbons (Fsp3) is 0.300. The van der Waals surface area contributed by atoms with Crippen molar-refractivity contribution < 1.29 is 23.7 Å². The van der Waals surface area contributed by atoms with Gasteiger partial charge in [0, 0.05) is 6.08 Å². The Kier molecular flexibility index (Phi) is 12.4. The highest BCUT2D eigenvalue weighted by Crippen LogP contribution is 2.33. The predicted molar refractivity (Wildman–Crippen MR) is 185 cm³/mol. The van der Waals surface area contributed by atoms with Crippen molar-refractivity contribution >= 4 is 8.07 Å². The summed E-state index contributed by atoms with van der Waals surface area (Å²) in [7, 11) is -1.63. The van der Waals surface area contributed by atoms with E-state index in [1.807, 2.05) is 78.9 Å². The van der Waals surface area contributed by atoms with E-state index in [0.29, 0.717) is 38.8 Å². The van der Waals surface area contributed by atoms with E-state index in [0.717, 1.165) is 22.3 Å². The average Bonchev–Trinajstić information content (AvgIpc) is 3.07. The monoisotopic (exact) mass is 632 g/mol. The van der Waals surface area contributed by atoms with Crippen LogP contribution in [0.2, 0.25) is 19.6 Å². The van der Waals surface area contributed by atoms with Crippen molar-refractivity contribution in [2.24, 2.45) is 0 Å². The minimum Gasteiger partial charge on any atom is -0.486 e. The lowest BCUT2D eigenvalue weighted by Crippen LogP contribution is -2.56. The zero-order chi connectivity index (χ0) is 32.0. The average molecular weight is 633 g/mol. The van der Waals surface area contributed by atoms with Crippen LogP contribution >= 0.6 is 0 Å². The molecule has 0 radical (unpaired) electrons. The first-order valence-electron chi connectivity index (χ1n) is 15.9. The second-order valence-corrected chi connectivity index (χ2v) is 17.2. The fourth-order valence-electron chi connectivity index (χ4n) is 5.15. The third-order valence-electron chi connectivity index (χ3n) is 7.45. The van der Waals surface area contributed by atoms with Gasteiger partial charge in [-0.2, -0.15) is 0 Å². The van der Waals surface area contributed by atoms with Crippen molar-refractivity contribution in [2.75, 3.05) is 6.61 Å². The molecule has 1 aliphatic heterocycles. The van der Waals surface area contributed by atoms with Crippen molar-refractivity contribution in [3.63, 3.8) is 0 Å². The van der Waals surface area contributed by atoms with E-state index >= 15 is 0 Å². The maximum atomic E-state index is 6.78. The molecule has 0 aliphatic carbocycles. The van der Waals surface area contributed by atoms with Crippen LogP contribution in [0.5, 0.6) is 0 Å². The zero-order valence-corrected chi connectivity index (χ0v) is 28.0. The number of benzene rings is 4. The van der Waals surface area contributed by atoms with Gasteiger partial charge in [0.15, 0.2) is 6.10 Å². The van der Waals surface area contributed by atoms with Gasteiger partial charge in [-0.1, -0.05) is 147 Å². The van der Waals surface area contributed by atoms with Gasteiger partial charge < -0.3 is 23.7 Å². The molecule has 1 saturated heterocycles. The Morgan fingerprint density at radius 3 is 1.50 bits per heavy atom. The summed E-state index contributed by atoms with van der Waals surface area (Å²) in [6.45, 7) is 8.63. The fourth-order valence-corrected chi connectivity index (χ4v) is 5.65. The summed E-state index contributed by atoms with van der Waals surface area (Å²) >= 11 is 0. The Labute approximate surface area is 275 Å². The topological polar surface area (TPSA) is 46.2 Å². The van der Waals surface area contributed by atoms with Gasteiger partial charge in [-0.05, 0) is 22.3 Å². The van der Waals surface area contributed by atoms with Crippen molar-refractivity contribution in [1.82, 2.24) is 0 Å². The lowest BCUT2D eigenvalue weighted by molar-refractivity contribution is -0.223. The molecule has 0 amide bonds. The Morgan fingerprint density at radius 2 is 1.02 bits per heavy atom. The molecule has 1 aliphatic rings. The highest BCUT2D eigenvalue weighted by molar-refractivity contribution is 6.83. The molecule has 0 bridgehead atoms. The normalized spacial score (nSPS) is 20.5. The summed E-state index contributed by atoms with van der Waals surface area (Å²) in [5.74, 6) is 3.93. The Bertz CT molecular complexity index is 1540. The van der Waals surface area contributed by atoms with E-state index in [1.54, 1.807) is 0 Å². The maximum absolute atomic E-state index is 6.78. The van der Waals surface area contributed by atoms with E-state index < -0.39 is 32.5 Å². The van der Waals surface area contributed by atoms with Crippen LogP contribution in [0.4, 0.5) is 0 Å². The summed E-state index contributed by atoms with van der Waals surface area (Å²) in [5, 5.41) is 0. The second-order valence-electron chi connectivity index (χ2n) is 12.5. The van der Waals surface area contributed by atoms with Crippen LogP contribution in [0.15, 0.2) is 133 Å². The standard InChI is InChI=1S/C40H44O5Si/c1-46(2,3)26-16-25-36-38(42-28-33-19-10-5-11-20-33)40(44-30-35-23-14-7-15-24-35)39(43-29-34-21-12-6-13-22-34)37(45-36)31-41-27-32-17-8-4-9-18-32/h4-15,17-25,37-40H,27-31H2,1-3H3/b36-25-/t37-,38+,39+,40-/m1/s1. The number of ether oxygens (including phenoxy) is 5. The van der Waals surface area contributed by atoms with Crippen LogP contribution in [0.25, 0.3) is 0 Å². The number of hydrogen-bond donors (Lipinski definition) is 0. The SMILES string of the molecule is C[Si](C)(C)C#C/C=C1\O[C@H](COCc2ccccc2)[C@H](OCc2ccccc2)[C@H](OCc2ccccc2)[C@H]1OCc1ccccc1. The molecule has 4 aromatic carbocycles. The molecule has 4 aromatic rings. The summed E-state index contributed by atoms with van der Waals surface area (Å²) in [5.41, 5.74) is 7.74. The van der Waals surface area contributed by atoms with Gasteiger partial charge in [0.25, 0.3) is 0 Å². The first kappa shape index (κ1) is 33.4. The van der Waals surface area contributed by atoms with Crippen LogP contribution in [0.1, 0.15) is 22.3 Å². The highest BCUT2D eigenvalue weighted by Gasteiger charge is 2.46. The van der Waals surface area contributed by atoms with Crippen LogP contribution in [0, 0.1) is 11.5 Å². The Hall–Kier alpha value is -3.96. The Balaban J connectivity index is 1.48. The van der Waals surface area contributed by atoms with Crippen molar-refractivity contribution in [3.8, 4) is 11.5 Å². The molecule has 5 nitrogen and oxygen atoms in total. The predicted octanol–water partition coefficient (Wildman–Crippen LogP) is 8.12. The number of rotatable bonds is 13.